The summed E-state index contributed by atoms with van der Waals surface area (Å²) in [7, 11) is 2.02. The standard InChI is InChI=1S/C20H19N3O2/c1-23-18-8-2-12(20(25)22-14-5-3-13(21)4-6-14)10-16(18)17-11-15(24)7-9-19(17)23/h2-6,8,10H,7,9,11,21H2,1H3,(H,22,25). The van der Waals surface area contributed by atoms with E-state index in [1.165, 1.54) is 5.69 Å². The highest BCUT2D eigenvalue weighted by Crippen LogP contribution is 2.31. The van der Waals surface area contributed by atoms with Crippen molar-refractivity contribution in [1.82, 2.24) is 4.57 Å². The van der Waals surface area contributed by atoms with Gasteiger partial charge in [0.1, 0.15) is 5.78 Å². The Morgan fingerprint density at radius 3 is 2.64 bits per heavy atom. The Morgan fingerprint density at radius 1 is 1.12 bits per heavy atom. The zero-order valence-corrected chi connectivity index (χ0v) is 14.0. The number of nitrogen functional groups attached to an aromatic ring is 1. The van der Waals surface area contributed by atoms with Crippen molar-refractivity contribution >= 4 is 34.0 Å². The van der Waals surface area contributed by atoms with Gasteiger partial charge < -0.3 is 15.6 Å². The lowest BCUT2D eigenvalue weighted by atomic mass is 9.94. The molecule has 0 spiro atoms. The number of ketones is 1. The van der Waals surface area contributed by atoms with E-state index in [4.69, 9.17) is 5.73 Å². The molecule has 3 N–H and O–H groups in total. The van der Waals surface area contributed by atoms with Gasteiger partial charge in [-0.15, -0.1) is 0 Å². The van der Waals surface area contributed by atoms with Crippen molar-refractivity contribution in [3.63, 3.8) is 0 Å². The van der Waals surface area contributed by atoms with Crippen LogP contribution in [0.1, 0.15) is 28.0 Å². The van der Waals surface area contributed by atoms with E-state index in [2.05, 4.69) is 9.88 Å². The Bertz CT molecular complexity index is 1000. The van der Waals surface area contributed by atoms with E-state index in [0.29, 0.717) is 29.8 Å². The van der Waals surface area contributed by atoms with Crippen molar-refractivity contribution in [3.8, 4) is 0 Å². The molecule has 126 valence electrons. The molecule has 0 unspecified atom stereocenters. The molecule has 0 fully saturated rings. The fourth-order valence-corrected chi connectivity index (χ4v) is 3.54. The number of carbonyl (C=O) groups is 2. The van der Waals surface area contributed by atoms with E-state index in [1.54, 1.807) is 24.3 Å². The number of benzene rings is 2. The average Bonchev–Trinajstić information content (AvgIpc) is 2.88. The summed E-state index contributed by atoms with van der Waals surface area (Å²) >= 11 is 0. The summed E-state index contributed by atoms with van der Waals surface area (Å²) in [6.07, 6.45) is 1.82. The van der Waals surface area contributed by atoms with Crippen LogP contribution in [0.25, 0.3) is 10.9 Å². The number of carbonyl (C=O) groups excluding carboxylic acids is 2. The van der Waals surface area contributed by atoms with Crippen molar-refractivity contribution < 1.29 is 9.59 Å². The second kappa shape index (κ2) is 5.77. The van der Waals surface area contributed by atoms with Gasteiger partial charge in [-0.25, -0.2) is 0 Å². The Kier molecular flexibility index (Phi) is 3.57. The predicted molar refractivity (Wildman–Crippen MR) is 98.8 cm³/mol. The zero-order chi connectivity index (χ0) is 17.6. The lowest BCUT2D eigenvalue weighted by Gasteiger charge is -2.12. The van der Waals surface area contributed by atoms with Crippen LogP contribution in [0.15, 0.2) is 42.5 Å². The van der Waals surface area contributed by atoms with Crippen molar-refractivity contribution in [2.45, 2.75) is 19.3 Å². The monoisotopic (exact) mass is 333 g/mol. The van der Waals surface area contributed by atoms with Crippen LogP contribution in [0, 0.1) is 0 Å². The van der Waals surface area contributed by atoms with Crippen molar-refractivity contribution in [1.29, 1.82) is 0 Å². The number of hydrogen-bond donors (Lipinski definition) is 2. The molecule has 0 radical (unpaired) electrons. The number of Topliss-reactive ketones (excluding diaryl/α,β-unsaturated/α-hetero) is 1. The first-order valence-electron chi connectivity index (χ1n) is 8.31. The van der Waals surface area contributed by atoms with Crippen LogP contribution >= 0.6 is 0 Å². The average molecular weight is 333 g/mol. The summed E-state index contributed by atoms with van der Waals surface area (Å²) in [5.74, 6) is 0.0862. The van der Waals surface area contributed by atoms with Gasteiger partial charge in [0, 0.05) is 53.4 Å². The van der Waals surface area contributed by atoms with Gasteiger partial charge in [0.15, 0.2) is 0 Å². The summed E-state index contributed by atoms with van der Waals surface area (Å²) in [6, 6.07) is 12.7. The number of nitrogens with zero attached hydrogens (tertiary/aromatic N) is 1. The predicted octanol–water partition coefficient (Wildman–Crippen LogP) is 3.07. The van der Waals surface area contributed by atoms with Crippen molar-refractivity contribution in [3.05, 3.63) is 59.3 Å². The van der Waals surface area contributed by atoms with Gasteiger partial charge in [0.25, 0.3) is 5.91 Å². The number of nitrogens with one attached hydrogen (secondary N) is 1. The molecule has 1 amide bonds. The number of aromatic nitrogens is 1. The van der Waals surface area contributed by atoms with Gasteiger partial charge in [-0.05, 0) is 54.4 Å². The molecule has 1 aliphatic rings. The lowest BCUT2D eigenvalue weighted by molar-refractivity contribution is -0.118. The highest BCUT2D eigenvalue weighted by atomic mass is 16.1. The first kappa shape index (κ1) is 15.4. The molecule has 1 aromatic heterocycles. The Labute approximate surface area is 145 Å². The molecule has 1 heterocycles. The molecule has 0 bridgehead atoms. The molecule has 2 aromatic carbocycles. The van der Waals surface area contributed by atoms with E-state index < -0.39 is 0 Å². The molecule has 0 saturated carbocycles. The van der Waals surface area contributed by atoms with E-state index in [-0.39, 0.29) is 11.7 Å². The highest BCUT2D eigenvalue weighted by molar-refractivity contribution is 6.07. The summed E-state index contributed by atoms with van der Waals surface area (Å²) < 4.78 is 2.14. The van der Waals surface area contributed by atoms with Crippen molar-refractivity contribution in [2.24, 2.45) is 7.05 Å². The molecule has 1 aliphatic carbocycles. The maximum atomic E-state index is 12.6. The fraction of sp³-hybridized carbons (Fsp3) is 0.200. The Hall–Kier alpha value is -3.08. The number of anilines is 2. The highest BCUT2D eigenvalue weighted by Gasteiger charge is 2.23. The van der Waals surface area contributed by atoms with E-state index in [0.717, 1.165) is 22.9 Å². The van der Waals surface area contributed by atoms with E-state index in [1.807, 2.05) is 25.2 Å². The normalized spacial score (nSPS) is 13.7. The van der Waals surface area contributed by atoms with Gasteiger partial charge in [0.05, 0.1) is 0 Å². The van der Waals surface area contributed by atoms with Gasteiger partial charge in [0.2, 0.25) is 0 Å². The van der Waals surface area contributed by atoms with Crippen LogP contribution in [0.5, 0.6) is 0 Å². The molecule has 0 aliphatic heterocycles. The number of hydrogen-bond acceptors (Lipinski definition) is 3. The topological polar surface area (TPSA) is 77.1 Å². The maximum Gasteiger partial charge on any atom is 0.255 e. The Morgan fingerprint density at radius 2 is 1.88 bits per heavy atom. The fourth-order valence-electron chi connectivity index (χ4n) is 3.54. The minimum atomic E-state index is -0.175. The van der Waals surface area contributed by atoms with Gasteiger partial charge in [-0.3, -0.25) is 9.59 Å². The quantitative estimate of drug-likeness (QED) is 0.708. The number of aryl methyl sites for hydroxylation is 1. The largest absolute Gasteiger partial charge is 0.399 e. The maximum absolute atomic E-state index is 12.6. The summed E-state index contributed by atoms with van der Waals surface area (Å²) in [6.45, 7) is 0. The second-order valence-electron chi connectivity index (χ2n) is 6.51. The number of amides is 1. The van der Waals surface area contributed by atoms with Gasteiger partial charge >= 0.3 is 0 Å². The van der Waals surface area contributed by atoms with E-state index >= 15 is 0 Å². The minimum Gasteiger partial charge on any atom is -0.399 e. The zero-order valence-electron chi connectivity index (χ0n) is 14.0. The van der Waals surface area contributed by atoms with Crippen LogP contribution in [0.2, 0.25) is 0 Å². The number of rotatable bonds is 2. The molecule has 5 nitrogen and oxygen atoms in total. The number of fused-ring (bicyclic) bond motifs is 3. The third-order valence-corrected chi connectivity index (χ3v) is 4.88. The van der Waals surface area contributed by atoms with Crippen LogP contribution in [-0.2, 0) is 24.7 Å². The van der Waals surface area contributed by atoms with Crippen LogP contribution in [-0.4, -0.2) is 16.3 Å². The van der Waals surface area contributed by atoms with E-state index in [9.17, 15) is 9.59 Å². The van der Waals surface area contributed by atoms with Gasteiger partial charge in [-0.1, -0.05) is 0 Å². The molecular formula is C20H19N3O2. The van der Waals surface area contributed by atoms with Crippen LogP contribution < -0.4 is 11.1 Å². The first-order valence-corrected chi connectivity index (χ1v) is 8.31. The van der Waals surface area contributed by atoms with Crippen molar-refractivity contribution in [2.75, 3.05) is 11.1 Å². The molecule has 4 rings (SSSR count). The molecule has 3 aromatic rings. The summed E-state index contributed by atoms with van der Waals surface area (Å²) in [4.78, 5) is 24.4. The number of nitrogens with two attached hydrogens (primary N) is 1. The molecule has 5 heteroatoms. The lowest BCUT2D eigenvalue weighted by Crippen LogP contribution is -2.14. The molecule has 0 atom stereocenters. The SMILES string of the molecule is Cn1c2c(c3cc(C(=O)Nc4ccc(N)cc4)ccc31)CC(=O)CC2. The molecule has 25 heavy (non-hydrogen) atoms. The molecular weight excluding hydrogens is 314 g/mol. The third kappa shape index (κ3) is 2.67. The van der Waals surface area contributed by atoms with Gasteiger partial charge in [-0.2, -0.15) is 0 Å². The third-order valence-electron chi connectivity index (χ3n) is 4.88. The first-order chi connectivity index (χ1) is 12.0. The summed E-state index contributed by atoms with van der Waals surface area (Å²) in [5.41, 5.74) is 10.9. The minimum absolute atomic E-state index is 0.175. The summed E-state index contributed by atoms with van der Waals surface area (Å²) in [5, 5.41) is 3.87. The smallest absolute Gasteiger partial charge is 0.255 e. The second-order valence-corrected chi connectivity index (χ2v) is 6.51. The van der Waals surface area contributed by atoms with Crippen LogP contribution in [0.3, 0.4) is 0 Å². The Balaban J connectivity index is 1.71. The van der Waals surface area contributed by atoms with Crippen LogP contribution in [0.4, 0.5) is 11.4 Å². The molecule has 0 saturated heterocycles.